The highest BCUT2D eigenvalue weighted by molar-refractivity contribution is 14.0. The molecule has 0 saturated heterocycles. The Morgan fingerprint density at radius 1 is 1.06 bits per heavy atom. The number of carbonyl (C=O) groups excluding carboxylic acids is 1. The number of ether oxygens (including phenoxy) is 1. The molecule has 2 aliphatic rings. The molecule has 2 heterocycles. The number of halogens is 1. The minimum absolute atomic E-state index is 0. The molecule has 7 heteroatoms. The predicted octanol–water partition coefficient (Wildman–Crippen LogP) is 3.49. The number of benzene rings is 2. The van der Waals surface area contributed by atoms with Gasteiger partial charge in [0.25, 0.3) is 0 Å². The van der Waals surface area contributed by atoms with Gasteiger partial charge in [-0.2, -0.15) is 0 Å². The van der Waals surface area contributed by atoms with Crippen LogP contribution >= 0.6 is 24.0 Å². The first kappa shape index (κ1) is 23.4. The molecule has 166 valence electrons. The maximum atomic E-state index is 12.5. The Bertz CT molecular complexity index is 868. The number of amides is 1. The fraction of sp³-hybridized carbons (Fsp3) is 0.417. The lowest BCUT2D eigenvalue weighted by Crippen LogP contribution is -2.39. The monoisotopic (exact) mass is 534 g/mol. The van der Waals surface area contributed by atoms with Gasteiger partial charge in [0.15, 0.2) is 5.96 Å². The minimum Gasteiger partial charge on any atom is -0.488 e. The van der Waals surface area contributed by atoms with Crippen LogP contribution in [0.1, 0.15) is 36.5 Å². The molecule has 6 nitrogen and oxygen atoms in total. The van der Waals surface area contributed by atoms with Crippen molar-refractivity contribution in [3.05, 3.63) is 65.2 Å². The number of hydrogen-bond acceptors (Lipinski definition) is 3. The van der Waals surface area contributed by atoms with Crippen molar-refractivity contribution in [2.45, 2.75) is 45.4 Å². The Morgan fingerprint density at radius 2 is 1.74 bits per heavy atom. The van der Waals surface area contributed by atoms with E-state index in [-0.39, 0.29) is 36.0 Å². The molecule has 2 aromatic carbocycles. The first-order valence-electron chi connectivity index (χ1n) is 10.8. The molecule has 0 aliphatic carbocycles. The van der Waals surface area contributed by atoms with Gasteiger partial charge in [0, 0.05) is 39.0 Å². The highest BCUT2D eigenvalue weighted by atomic mass is 127. The molecular formula is C24H31IN4O2. The Hall–Kier alpha value is -2.29. The summed E-state index contributed by atoms with van der Waals surface area (Å²) in [4.78, 5) is 19.1. The van der Waals surface area contributed by atoms with Crippen LogP contribution in [0.2, 0.25) is 0 Å². The van der Waals surface area contributed by atoms with Crippen molar-refractivity contribution < 1.29 is 9.53 Å². The maximum absolute atomic E-state index is 12.5. The molecule has 4 rings (SSSR count). The zero-order chi connectivity index (χ0) is 20.8. The van der Waals surface area contributed by atoms with E-state index < -0.39 is 0 Å². The summed E-state index contributed by atoms with van der Waals surface area (Å²) in [5.41, 5.74) is 3.78. The average Bonchev–Trinajstić information content (AvgIpc) is 3.38. The number of nitrogens with zero attached hydrogens (tertiary/aromatic N) is 2. The Morgan fingerprint density at radius 3 is 2.42 bits per heavy atom. The second-order valence-corrected chi connectivity index (χ2v) is 7.82. The van der Waals surface area contributed by atoms with Crippen molar-refractivity contribution in [2.75, 3.05) is 19.6 Å². The van der Waals surface area contributed by atoms with Gasteiger partial charge in [0.1, 0.15) is 11.9 Å². The van der Waals surface area contributed by atoms with Crippen LogP contribution in [0.25, 0.3) is 0 Å². The summed E-state index contributed by atoms with van der Waals surface area (Å²) in [5.74, 6) is 1.96. The molecule has 0 aromatic heterocycles. The lowest BCUT2D eigenvalue weighted by atomic mass is 10.1. The number of fused-ring (bicyclic) bond motifs is 2. The van der Waals surface area contributed by atoms with Crippen LogP contribution in [-0.4, -0.2) is 42.5 Å². The number of nitrogens with one attached hydrogen (secondary N) is 2. The Balaban J connectivity index is 0.00000272. The van der Waals surface area contributed by atoms with Crippen LogP contribution in [0, 0.1) is 0 Å². The molecule has 0 saturated carbocycles. The smallest absolute Gasteiger partial charge is 0.223 e. The molecule has 31 heavy (non-hydrogen) atoms. The Labute approximate surface area is 201 Å². The third-order valence-electron chi connectivity index (χ3n) is 5.56. The van der Waals surface area contributed by atoms with Gasteiger partial charge in [-0.3, -0.25) is 4.79 Å². The molecular weight excluding hydrogens is 503 g/mol. The summed E-state index contributed by atoms with van der Waals surface area (Å²) in [6.07, 6.45) is 2.30. The van der Waals surface area contributed by atoms with E-state index in [4.69, 9.17) is 4.74 Å². The van der Waals surface area contributed by atoms with Gasteiger partial charge in [-0.1, -0.05) is 42.5 Å². The van der Waals surface area contributed by atoms with E-state index in [1.165, 1.54) is 16.7 Å². The van der Waals surface area contributed by atoms with E-state index in [9.17, 15) is 4.79 Å². The van der Waals surface area contributed by atoms with Crippen molar-refractivity contribution in [3.8, 4) is 5.75 Å². The molecule has 0 radical (unpaired) electrons. The lowest BCUT2D eigenvalue weighted by molar-refractivity contribution is -0.131. The van der Waals surface area contributed by atoms with Crippen LogP contribution in [0.15, 0.2) is 53.5 Å². The topological polar surface area (TPSA) is 66.0 Å². The van der Waals surface area contributed by atoms with Gasteiger partial charge >= 0.3 is 0 Å². The van der Waals surface area contributed by atoms with E-state index in [0.29, 0.717) is 19.5 Å². The number of aliphatic imine (C=N–C) groups is 1. The second kappa shape index (κ2) is 11.4. The van der Waals surface area contributed by atoms with Crippen molar-refractivity contribution in [3.63, 3.8) is 0 Å². The molecule has 0 bridgehead atoms. The standard InChI is InChI=1S/C24H30N4O2.HI/c1-2-25-24(27-15-21-14-18-8-5-6-11-22(18)30-21)26-13-7-12-23(29)28-16-19-9-3-4-10-20(19)17-28;/h3-6,8-11,21H,2,7,12-17H2,1H3,(H2,25,26,27);1H. The first-order chi connectivity index (χ1) is 14.7. The third-order valence-corrected chi connectivity index (χ3v) is 5.56. The zero-order valence-electron chi connectivity index (χ0n) is 18.0. The highest BCUT2D eigenvalue weighted by Gasteiger charge is 2.23. The molecule has 2 N–H and O–H groups in total. The van der Waals surface area contributed by atoms with E-state index in [1.54, 1.807) is 0 Å². The highest BCUT2D eigenvalue weighted by Crippen LogP contribution is 2.28. The summed E-state index contributed by atoms with van der Waals surface area (Å²) in [6.45, 7) is 5.63. The molecule has 0 spiro atoms. The number of guanidine groups is 1. The maximum Gasteiger partial charge on any atom is 0.223 e. The Kier molecular flexibility index (Phi) is 8.57. The van der Waals surface area contributed by atoms with Crippen LogP contribution in [0.5, 0.6) is 5.75 Å². The largest absolute Gasteiger partial charge is 0.488 e. The van der Waals surface area contributed by atoms with Gasteiger partial charge in [0.2, 0.25) is 5.91 Å². The van der Waals surface area contributed by atoms with E-state index >= 15 is 0 Å². The molecule has 2 aliphatic heterocycles. The summed E-state index contributed by atoms with van der Waals surface area (Å²) in [6, 6.07) is 16.4. The summed E-state index contributed by atoms with van der Waals surface area (Å²) >= 11 is 0. The molecule has 1 atom stereocenters. The normalized spacial score (nSPS) is 16.7. The van der Waals surface area contributed by atoms with Crippen molar-refractivity contribution in [2.24, 2.45) is 4.99 Å². The van der Waals surface area contributed by atoms with Crippen LogP contribution in [0.3, 0.4) is 0 Å². The SMILES string of the molecule is CCNC(=NCC1Cc2ccccc2O1)NCCCC(=O)N1Cc2ccccc2C1.I. The number of para-hydroxylation sites is 1. The summed E-state index contributed by atoms with van der Waals surface area (Å²) in [5, 5.41) is 6.61. The zero-order valence-corrected chi connectivity index (χ0v) is 20.3. The average molecular weight is 534 g/mol. The fourth-order valence-electron chi connectivity index (χ4n) is 4.00. The van der Waals surface area contributed by atoms with Gasteiger partial charge in [0.05, 0.1) is 6.54 Å². The summed E-state index contributed by atoms with van der Waals surface area (Å²) < 4.78 is 5.96. The lowest BCUT2D eigenvalue weighted by Gasteiger charge is -2.16. The van der Waals surface area contributed by atoms with E-state index in [0.717, 1.165) is 44.2 Å². The summed E-state index contributed by atoms with van der Waals surface area (Å²) in [7, 11) is 0. The van der Waals surface area contributed by atoms with E-state index in [1.807, 2.05) is 42.2 Å². The molecule has 2 aromatic rings. The second-order valence-electron chi connectivity index (χ2n) is 7.82. The van der Waals surface area contributed by atoms with Crippen LogP contribution in [0.4, 0.5) is 0 Å². The quantitative estimate of drug-likeness (QED) is 0.247. The fourth-order valence-corrected chi connectivity index (χ4v) is 4.00. The number of hydrogen-bond donors (Lipinski definition) is 2. The van der Waals surface area contributed by atoms with Crippen LogP contribution in [-0.2, 0) is 24.3 Å². The van der Waals surface area contributed by atoms with Crippen molar-refractivity contribution in [1.82, 2.24) is 15.5 Å². The predicted molar refractivity (Wildman–Crippen MR) is 134 cm³/mol. The molecule has 1 unspecified atom stereocenters. The minimum atomic E-state index is 0. The van der Waals surface area contributed by atoms with Gasteiger partial charge < -0.3 is 20.3 Å². The third kappa shape index (κ3) is 6.12. The van der Waals surface area contributed by atoms with Gasteiger partial charge in [-0.15, -0.1) is 24.0 Å². The van der Waals surface area contributed by atoms with Gasteiger partial charge in [-0.25, -0.2) is 4.99 Å². The van der Waals surface area contributed by atoms with Crippen LogP contribution < -0.4 is 15.4 Å². The first-order valence-corrected chi connectivity index (χ1v) is 10.8. The van der Waals surface area contributed by atoms with Gasteiger partial charge in [-0.05, 0) is 36.1 Å². The number of carbonyl (C=O) groups is 1. The molecule has 1 amide bonds. The molecule has 0 fully saturated rings. The number of rotatable bonds is 7. The van der Waals surface area contributed by atoms with Crippen molar-refractivity contribution in [1.29, 1.82) is 0 Å². The van der Waals surface area contributed by atoms with E-state index in [2.05, 4.69) is 33.8 Å². The van der Waals surface area contributed by atoms with Crippen molar-refractivity contribution >= 4 is 35.8 Å².